The fraction of sp³-hybridized carbons (Fsp3) is 0.200. The number of rotatable bonds is 3. The lowest BCUT2D eigenvalue weighted by Crippen LogP contribution is -2.00. The molecule has 0 saturated heterocycles. The number of carbonyl (C=O) groups is 1. The molecule has 2 heterocycles. The van der Waals surface area contributed by atoms with Crippen molar-refractivity contribution in [2.75, 3.05) is 7.11 Å². The SMILES string of the molecule is COc1ccc2[nH]c(Br)c(CC(=O)O)c2n1. The van der Waals surface area contributed by atoms with Crippen LogP contribution in [-0.4, -0.2) is 28.2 Å². The van der Waals surface area contributed by atoms with E-state index >= 15 is 0 Å². The molecule has 0 fully saturated rings. The van der Waals surface area contributed by atoms with Crippen molar-refractivity contribution in [1.82, 2.24) is 9.97 Å². The van der Waals surface area contributed by atoms with E-state index in [0.717, 1.165) is 5.52 Å². The number of nitrogens with zero attached hydrogens (tertiary/aromatic N) is 1. The van der Waals surface area contributed by atoms with Gasteiger partial charge in [-0.25, -0.2) is 4.98 Å². The minimum Gasteiger partial charge on any atom is -0.481 e. The van der Waals surface area contributed by atoms with Gasteiger partial charge in [-0.2, -0.15) is 0 Å². The van der Waals surface area contributed by atoms with Gasteiger partial charge in [0.1, 0.15) is 0 Å². The summed E-state index contributed by atoms with van der Waals surface area (Å²) in [6.07, 6.45) is -0.0826. The molecule has 6 heteroatoms. The van der Waals surface area contributed by atoms with Gasteiger partial charge >= 0.3 is 5.97 Å². The molecule has 84 valence electrons. The Morgan fingerprint density at radius 1 is 1.62 bits per heavy atom. The van der Waals surface area contributed by atoms with Crippen LogP contribution in [0.25, 0.3) is 11.0 Å². The van der Waals surface area contributed by atoms with Crippen LogP contribution in [0.4, 0.5) is 0 Å². The summed E-state index contributed by atoms with van der Waals surface area (Å²) in [5, 5.41) is 8.80. The van der Waals surface area contributed by atoms with Gasteiger partial charge in [-0.1, -0.05) is 0 Å². The average Bonchev–Trinajstić information content (AvgIpc) is 2.54. The number of pyridine rings is 1. The first kappa shape index (κ1) is 10.9. The third-order valence-corrected chi connectivity index (χ3v) is 2.88. The van der Waals surface area contributed by atoms with Crippen molar-refractivity contribution in [3.8, 4) is 5.88 Å². The summed E-state index contributed by atoms with van der Waals surface area (Å²) in [7, 11) is 1.52. The highest BCUT2D eigenvalue weighted by Gasteiger charge is 2.14. The van der Waals surface area contributed by atoms with E-state index in [-0.39, 0.29) is 6.42 Å². The lowest BCUT2D eigenvalue weighted by molar-refractivity contribution is -0.136. The van der Waals surface area contributed by atoms with Gasteiger partial charge in [0.05, 0.1) is 29.2 Å². The van der Waals surface area contributed by atoms with Crippen LogP contribution in [0.2, 0.25) is 0 Å². The molecule has 2 rings (SSSR count). The average molecular weight is 285 g/mol. The van der Waals surface area contributed by atoms with Crippen LogP contribution in [0.5, 0.6) is 5.88 Å². The largest absolute Gasteiger partial charge is 0.481 e. The number of carboxylic acid groups (broad SMARTS) is 1. The molecule has 0 aliphatic carbocycles. The molecule has 16 heavy (non-hydrogen) atoms. The van der Waals surface area contributed by atoms with Crippen LogP contribution in [0, 0.1) is 0 Å². The number of halogens is 1. The maximum absolute atomic E-state index is 10.7. The third-order valence-electron chi connectivity index (χ3n) is 2.20. The number of fused-ring (bicyclic) bond motifs is 1. The number of hydrogen-bond donors (Lipinski definition) is 2. The molecule has 0 aromatic carbocycles. The number of aliphatic carboxylic acids is 1. The Morgan fingerprint density at radius 3 is 3.00 bits per heavy atom. The zero-order valence-corrected chi connectivity index (χ0v) is 10.0. The van der Waals surface area contributed by atoms with Crippen LogP contribution in [-0.2, 0) is 11.2 Å². The van der Waals surface area contributed by atoms with Crippen molar-refractivity contribution in [2.45, 2.75) is 6.42 Å². The molecule has 0 atom stereocenters. The standard InChI is InChI=1S/C10H9BrN2O3/c1-16-7-3-2-6-9(13-7)5(4-8(14)15)10(11)12-6/h2-3,12H,4H2,1H3,(H,14,15). The number of hydrogen-bond acceptors (Lipinski definition) is 3. The minimum absolute atomic E-state index is 0.0826. The van der Waals surface area contributed by atoms with Crippen LogP contribution in [0.3, 0.4) is 0 Å². The second-order valence-electron chi connectivity index (χ2n) is 3.24. The van der Waals surface area contributed by atoms with E-state index < -0.39 is 5.97 Å². The van der Waals surface area contributed by atoms with Crippen LogP contribution in [0.15, 0.2) is 16.7 Å². The zero-order chi connectivity index (χ0) is 11.7. The normalized spacial score (nSPS) is 10.6. The van der Waals surface area contributed by atoms with Gasteiger partial charge in [0.2, 0.25) is 5.88 Å². The fourth-order valence-corrected chi connectivity index (χ4v) is 2.04. The second kappa shape index (κ2) is 4.13. The Balaban J connectivity index is 2.61. The number of aromatic amines is 1. The van der Waals surface area contributed by atoms with Gasteiger partial charge in [-0.3, -0.25) is 4.79 Å². The summed E-state index contributed by atoms with van der Waals surface area (Å²) in [6, 6.07) is 3.52. The molecule has 0 aliphatic rings. The summed E-state index contributed by atoms with van der Waals surface area (Å²) < 4.78 is 5.65. The Labute approximate surface area is 99.6 Å². The highest BCUT2D eigenvalue weighted by molar-refractivity contribution is 9.10. The van der Waals surface area contributed by atoms with Crippen molar-refractivity contribution < 1.29 is 14.6 Å². The van der Waals surface area contributed by atoms with Gasteiger partial charge in [0.25, 0.3) is 0 Å². The molecule has 2 aromatic heterocycles. The molecule has 0 bridgehead atoms. The quantitative estimate of drug-likeness (QED) is 0.904. The maximum Gasteiger partial charge on any atom is 0.308 e. The van der Waals surface area contributed by atoms with E-state index in [2.05, 4.69) is 25.9 Å². The first-order valence-corrected chi connectivity index (χ1v) is 5.34. The molecular weight excluding hydrogens is 276 g/mol. The second-order valence-corrected chi connectivity index (χ2v) is 4.03. The van der Waals surface area contributed by atoms with E-state index in [1.165, 1.54) is 7.11 Å². The molecule has 0 aliphatic heterocycles. The van der Waals surface area contributed by atoms with Crippen molar-refractivity contribution in [2.24, 2.45) is 0 Å². The maximum atomic E-state index is 10.7. The van der Waals surface area contributed by atoms with Gasteiger partial charge in [-0.05, 0) is 22.0 Å². The van der Waals surface area contributed by atoms with E-state index in [0.29, 0.717) is 21.6 Å². The molecule has 0 amide bonds. The predicted octanol–water partition coefficient (Wildman–Crippen LogP) is 1.96. The lowest BCUT2D eigenvalue weighted by Gasteiger charge is -1.99. The topological polar surface area (TPSA) is 75.2 Å². The number of carboxylic acids is 1. The summed E-state index contributed by atoms with van der Waals surface area (Å²) in [5.74, 6) is -0.433. The van der Waals surface area contributed by atoms with Crippen molar-refractivity contribution in [3.63, 3.8) is 0 Å². The van der Waals surface area contributed by atoms with Crippen LogP contribution in [0.1, 0.15) is 5.56 Å². The smallest absolute Gasteiger partial charge is 0.308 e. The summed E-state index contributed by atoms with van der Waals surface area (Å²) >= 11 is 3.28. The van der Waals surface area contributed by atoms with Gasteiger partial charge in [0.15, 0.2) is 0 Å². The van der Waals surface area contributed by atoms with E-state index in [9.17, 15) is 4.79 Å². The molecule has 0 saturated carbocycles. The van der Waals surface area contributed by atoms with Crippen LogP contribution < -0.4 is 4.74 Å². The Morgan fingerprint density at radius 2 is 2.38 bits per heavy atom. The summed E-state index contributed by atoms with van der Waals surface area (Å²) in [6.45, 7) is 0. The monoisotopic (exact) mass is 284 g/mol. The molecular formula is C10H9BrN2O3. The van der Waals surface area contributed by atoms with Crippen molar-refractivity contribution in [1.29, 1.82) is 0 Å². The third kappa shape index (κ3) is 1.88. The van der Waals surface area contributed by atoms with E-state index in [1.807, 2.05) is 0 Å². The number of aromatic nitrogens is 2. The number of methoxy groups -OCH3 is 1. The lowest BCUT2D eigenvalue weighted by atomic mass is 10.2. The minimum atomic E-state index is -0.897. The number of nitrogens with one attached hydrogen (secondary N) is 1. The Bertz CT molecular complexity index is 550. The van der Waals surface area contributed by atoms with Crippen molar-refractivity contribution in [3.05, 3.63) is 22.3 Å². The fourth-order valence-electron chi connectivity index (χ4n) is 1.50. The summed E-state index contributed by atoms with van der Waals surface area (Å²) in [5.41, 5.74) is 2.03. The zero-order valence-electron chi connectivity index (χ0n) is 8.45. The highest BCUT2D eigenvalue weighted by Crippen LogP contribution is 2.27. The highest BCUT2D eigenvalue weighted by atomic mass is 79.9. The van der Waals surface area contributed by atoms with E-state index in [1.54, 1.807) is 12.1 Å². The van der Waals surface area contributed by atoms with Crippen LogP contribution >= 0.6 is 15.9 Å². The Hall–Kier alpha value is -1.56. The molecule has 5 nitrogen and oxygen atoms in total. The van der Waals surface area contributed by atoms with Gasteiger partial charge < -0.3 is 14.8 Å². The number of H-pyrrole nitrogens is 1. The molecule has 0 radical (unpaired) electrons. The molecule has 0 spiro atoms. The van der Waals surface area contributed by atoms with E-state index in [4.69, 9.17) is 9.84 Å². The molecule has 0 unspecified atom stereocenters. The predicted molar refractivity (Wildman–Crippen MR) is 61.7 cm³/mol. The van der Waals surface area contributed by atoms with Gasteiger partial charge in [-0.15, -0.1) is 0 Å². The Kier molecular flexibility index (Phi) is 2.82. The summed E-state index contributed by atoms with van der Waals surface area (Å²) in [4.78, 5) is 18.0. The number of ether oxygens (including phenoxy) is 1. The van der Waals surface area contributed by atoms with Gasteiger partial charge in [0, 0.05) is 11.6 Å². The molecule has 2 N–H and O–H groups in total. The first-order valence-electron chi connectivity index (χ1n) is 4.54. The van der Waals surface area contributed by atoms with Crippen molar-refractivity contribution >= 4 is 32.9 Å². The molecule has 2 aromatic rings. The first-order chi connectivity index (χ1) is 7.61.